The second kappa shape index (κ2) is 5.14. The summed E-state index contributed by atoms with van der Waals surface area (Å²) in [5, 5.41) is -0.0145. The van der Waals surface area contributed by atoms with Crippen molar-refractivity contribution >= 4 is 11.6 Å². The molecular formula is C9H13ClN2O. The predicted octanol–water partition coefficient (Wildman–Crippen LogP) is 1.58. The van der Waals surface area contributed by atoms with Crippen molar-refractivity contribution in [3.05, 3.63) is 23.8 Å². The maximum Gasteiger partial charge on any atom is 0.125 e. The quantitative estimate of drug-likeness (QED) is 0.693. The molecule has 0 aliphatic rings. The summed E-state index contributed by atoms with van der Waals surface area (Å²) in [6, 6.07) is 1.87. The van der Waals surface area contributed by atoms with Gasteiger partial charge < -0.3 is 4.74 Å². The van der Waals surface area contributed by atoms with Crippen LogP contribution in [0.5, 0.6) is 0 Å². The molecule has 0 fully saturated rings. The normalized spacial score (nSPS) is 12.8. The van der Waals surface area contributed by atoms with Crippen molar-refractivity contribution in [1.29, 1.82) is 0 Å². The van der Waals surface area contributed by atoms with Crippen LogP contribution in [0, 0.1) is 6.92 Å². The zero-order valence-corrected chi connectivity index (χ0v) is 8.58. The van der Waals surface area contributed by atoms with Crippen LogP contribution in [0.25, 0.3) is 0 Å². The third kappa shape index (κ3) is 3.70. The Hall–Kier alpha value is -0.670. The Kier molecular flexibility index (Phi) is 4.12. The van der Waals surface area contributed by atoms with Crippen LogP contribution in [0.1, 0.15) is 11.5 Å². The van der Waals surface area contributed by atoms with Crippen molar-refractivity contribution in [2.24, 2.45) is 0 Å². The van der Waals surface area contributed by atoms with Crippen molar-refractivity contribution in [3.63, 3.8) is 0 Å². The molecule has 0 aromatic carbocycles. The summed E-state index contributed by atoms with van der Waals surface area (Å²) in [4.78, 5) is 8.25. The Morgan fingerprint density at radius 2 is 2.38 bits per heavy atom. The van der Waals surface area contributed by atoms with E-state index in [1.165, 1.54) is 0 Å². The van der Waals surface area contributed by atoms with Crippen LogP contribution in [0.2, 0.25) is 0 Å². The van der Waals surface area contributed by atoms with Crippen LogP contribution in [-0.4, -0.2) is 29.1 Å². The lowest BCUT2D eigenvalue weighted by Gasteiger charge is -2.07. The van der Waals surface area contributed by atoms with Crippen molar-refractivity contribution in [2.45, 2.75) is 18.7 Å². The van der Waals surface area contributed by atoms with Gasteiger partial charge in [-0.05, 0) is 13.0 Å². The molecule has 1 atom stereocenters. The summed E-state index contributed by atoms with van der Waals surface area (Å²) in [6.45, 7) is 2.41. The maximum absolute atomic E-state index is 5.98. The molecule has 1 heterocycles. The Balaban J connectivity index is 2.53. The second-order valence-electron chi connectivity index (χ2n) is 2.85. The van der Waals surface area contributed by atoms with Gasteiger partial charge in [-0.2, -0.15) is 0 Å². The largest absolute Gasteiger partial charge is 0.383 e. The highest BCUT2D eigenvalue weighted by Crippen LogP contribution is 2.05. The van der Waals surface area contributed by atoms with E-state index < -0.39 is 0 Å². The first-order chi connectivity index (χ1) is 6.22. The van der Waals surface area contributed by atoms with E-state index >= 15 is 0 Å². The zero-order chi connectivity index (χ0) is 9.68. The third-order valence-electron chi connectivity index (χ3n) is 1.61. The van der Waals surface area contributed by atoms with E-state index in [1.807, 2.05) is 13.0 Å². The predicted molar refractivity (Wildman–Crippen MR) is 52.0 cm³/mol. The fraction of sp³-hybridized carbons (Fsp3) is 0.556. The molecule has 1 unspecified atom stereocenters. The van der Waals surface area contributed by atoms with Crippen LogP contribution in [-0.2, 0) is 11.2 Å². The molecule has 3 nitrogen and oxygen atoms in total. The molecule has 1 rings (SSSR count). The third-order valence-corrected chi connectivity index (χ3v) is 1.89. The first-order valence-corrected chi connectivity index (χ1v) is 4.57. The minimum atomic E-state index is -0.0145. The van der Waals surface area contributed by atoms with Gasteiger partial charge in [0.25, 0.3) is 0 Å². The van der Waals surface area contributed by atoms with E-state index in [-0.39, 0.29) is 5.38 Å². The molecule has 0 aliphatic carbocycles. The molecule has 0 radical (unpaired) electrons. The molecular weight excluding hydrogens is 188 g/mol. The van der Waals surface area contributed by atoms with E-state index in [2.05, 4.69) is 9.97 Å². The molecule has 13 heavy (non-hydrogen) atoms. The molecule has 0 amide bonds. The van der Waals surface area contributed by atoms with E-state index in [0.717, 1.165) is 17.9 Å². The van der Waals surface area contributed by atoms with E-state index in [9.17, 15) is 0 Å². The topological polar surface area (TPSA) is 35.0 Å². The lowest BCUT2D eigenvalue weighted by Crippen LogP contribution is -2.12. The van der Waals surface area contributed by atoms with Crippen LogP contribution in [0.15, 0.2) is 12.3 Å². The zero-order valence-electron chi connectivity index (χ0n) is 7.83. The molecule has 1 aromatic rings. The van der Waals surface area contributed by atoms with Crippen molar-refractivity contribution in [2.75, 3.05) is 13.7 Å². The van der Waals surface area contributed by atoms with Crippen LogP contribution in [0.4, 0.5) is 0 Å². The number of aryl methyl sites for hydroxylation is 1. The smallest absolute Gasteiger partial charge is 0.125 e. The van der Waals surface area contributed by atoms with Crippen LogP contribution >= 0.6 is 11.6 Å². The standard InChI is InChI=1S/C9H13ClN2O/c1-7-11-4-3-9(12-7)5-8(10)6-13-2/h3-4,8H,5-6H2,1-2H3. The van der Waals surface area contributed by atoms with Crippen molar-refractivity contribution in [1.82, 2.24) is 9.97 Å². The lowest BCUT2D eigenvalue weighted by atomic mass is 10.2. The SMILES string of the molecule is COCC(Cl)Cc1ccnc(C)n1. The van der Waals surface area contributed by atoms with Gasteiger partial charge in [-0.15, -0.1) is 11.6 Å². The van der Waals surface area contributed by atoms with Gasteiger partial charge in [-0.25, -0.2) is 9.97 Å². The Labute approximate surface area is 83.1 Å². The van der Waals surface area contributed by atoms with Gasteiger partial charge in [-0.1, -0.05) is 0 Å². The Morgan fingerprint density at radius 1 is 1.62 bits per heavy atom. The van der Waals surface area contributed by atoms with Gasteiger partial charge in [0, 0.05) is 25.4 Å². The fourth-order valence-corrected chi connectivity index (χ4v) is 1.37. The number of hydrogen-bond acceptors (Lipinski definition) is 3. The summed E-state index contributed by atoms with van der Waals surface area (Å²) in [7, 11) is 1.64. The summed E-state index contributed by atoms with van der Waals surface area (Å²) in [5.41, 5.74) is 0.963. The van der Waals surface area contributed by atoms with Gasteiger partial charge in [0.1, 0.15) is 5.82 Å². The van der Waals surface area contributed by atoms with Gasteiger partial charge in [-0.3, -0.25) is 0 Å². The van der Waals surface area contributed by atoms with Gasteiger partial charge in [0.05, 0.1) is 12.0 Å². The van der Waals surface area contributed by atoms with Gasteiger partial charge >= 0.3 is 0 Å². The molecule has 0 saturated heterocycles. The van der Waals surface area contributed by atoms with E-state index in [1.54, 1.807) is 13.3 Å². The Bertz CT molecular complexity index is 268. The lowest BCUT2D eigenvalue weighted by molar-refractivity contribution is 0.197. The Morgan fingerprint density at radius 3 is 3.00 bits per heavy atom. The number of halogens is 1. The number of hydrogen-bond donors (Lipinski definition) is 0. The minimum absolute atomic E-state index is 0.0145. The molecule has 0 saturated carbocycles. The minimum Gasteiger partial charge on any atom is -0.383 e. The summed E-state index contributed by atoms with van der Waals surface area (Å²) in [5.74, 6) is 0.777. The highest BCUT2D eigenvalue weighted by molar-refractivity contribution is 6.20. The molecule has 72 valence electrons. The maximum atomic E-state index is 5.98. The van der Waals surface area contributed by atoms with E-state index in [4.69, 9.17) is 16.3 Å². The van der Waals surface area contributed by atoms with Crippen molar-refractivity contribution < 1.29 is 4.74 Å². The van der Waals surface area contributed by atoms with Gasteiger partial charge in [0.2, 0.25) is 0 Å². The molecule has 0 N–H and O–H groups in total. The van der Waals surface area contributed by atoms with Gasteiger partial charge in [0.15, 0.2) is 0 Å². The molecule has 1 aromatic heterocycles. The highest BCUT2D eigenvalue weighted by atomic mass is 35.5. The first kappa shape index (κ1) is 10.4. The molecule has 0 spiro atoms. The monoisotopic (exact) mass is 200 g/mol. The summed E-state index contributed by atoms with van der Waals surface area (Å²) in [6.07, 6.45) is 2.47. The number of methoxy groups -OCH3 is 1. The second-order valence-corrected chi connectivity index (χ2v) is 3.47. The number of nitrogens with zero attached hydrogens (tertiary/aromatic N) is 2. The molecule has 0 aliphatic heterocycles. The average Bonchev–Trinajstić information content (AvgIpc) is 2.04. The van der Waals surface area contributed by atoms with Crippen LogP contribution in [0.3, 0.4) is 0 Å². The number of rotatable bonds is 4. The molecule has 0 bridgehead atoms. The fourth-order valence-electron chi connectivity index (χ4n) is 1.09. The molecule has 4 heteroatoms. The van der Waals surface area contributed by atoms with E-state index in [0.29, 0.717) is 6.61 Å². The highest BCUT2D eigenvalue weighted by Gasteiger charge is 2.06. The number of alkyl halides is 1. The number of ether oxygens (including phenoxy) is 1. The first-order valence-electron chi connectivity index (χ1n) is 4.14. The summed E-state index contributed by atoms with van der Waals surface area (Å²) >= 11 is 5.98. The van der Waals surface area contributed by atoms with Crippen molar-refractivity contribution in [3.8, 4) is 0 Å². The summed E-state index contributed by atoms with van der Waals surface area (Å²) < 4.78 is 4.93. The van der Waals surface area contributed by atoms with Crippen LogP contribution < -0.4 is 0 Å². The average molecular weight is 201 g/mol. The number of aromatic nitrogens is 2.